The first-order valence-electron chi connectivity index (χ1n) is 7.34. The first-order valence-corrected chi connectivity index (χ1v) is 8.49. The normalized spacial score (nSPS) is 27.1. The monoisotopic (exact) mass is 298 g/mol. The van der Waals surface area contributed by atoms with Crippen molar-refractivity contribution in [3.8, 4) is 0 Å². The van der Waals surface area contributed by atoms with E-state index in [1.807, 2.05) is 56.2 Å². The number of nitrogens with zero attached hydrogens (tertiary/aromatic N) is 2. The van der Waals surface area contributed by atoms with Crippen molar-refractivity contribution in [1.29, 1.82) is 0 Å². The van der Waals surface area contributed by atoms with Crippen molar-refractivity contribution in [1.82, 2.24) is 9.80 Å². The molecule has 0 saturated carbocycles. The SMILES string of the molecule is CC(C)(C)C(=O)N1CCN2CCSCC1C(C)(C)C2=O. The van der Waals surface area contributed by atoms with E-state index in [0.29, 0.717) is 13.1 Å². The lowest BCUT2D eigenvalue weighted by Gasteiger charge is -2.42. The molecule has 2 saturated heterocycles. The molecule has 0 aromatic heterocycles. The fraction of sp³-hybridized carbons (Fsp3) is 0.867. The van der Waals surface area contributed by atoms with Gasteiger partial charge in [-0.1, -0.05) is 20.8 Å². The van der Waals surface area contributed by atoms with Crippen LogP contribution in [-0.2, 0) is 9.59 Å². The molecule has 2 rings (SSSR count). The van der Waals surface area contributed by atoms with Gasteiger partial charge < -0.3 is 9.80 Å². The predicted octanol–water partition coefficient (Wildman–Crippen LogP) is 1.84. The highest BCUT2D eigenvalue weighted by Gasteiger charge is 2.48. The van der Waals surface area contributed by atoms with Gasteiger partial charge in [-0.05, 0) is 13.8 Å². The third-order valence-corrected chi connectivity index (χ3v) is 5.36. The highest BCUT2D eigenvalue weighted by atomic mass is 32.2. The number of hydrogen-bond donors (Lipinski definition) is 0. The van der Waals surface area contributed by atoms with Gasteiger partial charge in [0, 0.05) is 36.6 Å². The van der Waals surface area contributed by atoms with E-state index in [0.717, 1.165) is 18.1 Å². The van der Waals surface area contributed by atoms with Crippen molar-refractivity contribution < 1.29 is 9.59 Å². The van der Waals surface area contributed by atoms with Crippen LogP contribution in [0.15, 0.2) is 0 Å². The van der Waals surface area contributed by atoms with E-state index in [1.54, 1.807) is 0 Å². The average Bonchev–Trinajstić information content (AvgIpc) is 2.43. The summed E-state index contributed by atoms with van der Waals surface area (Å²) in [6, 6.07) is -0.00275. The number of amides is 2. The summed E-state index contributed by atoms with van der Waals surface area (Å²) in [5.41, 5.74) is -0.893. The van der Waals surface area contributed by atoms with Crippen LogP contribution in [-0.4, -0.2) is 58.8 Å². The molecule has 1 unspecified atom stereocenters. The van der Waals surface area contributed by atoms with E-state index < -0.39 is 10.8 Å². The number of rotatable bonds is 0. The highest BCUT2D eigenvalue weighted by Crippen LogP contribution is 2.36. The number of carbonyl (C=O) groups is 2. The fourth-order valence-corrected chi connectivity index (χ4v) is 4.32. The molecule has 2 fully saturated rings. The zero-order valence-corrected chi connectivity index (χ0v) is 14.0. The molecule has 0 radical (unpaired) electrons. The molecule has 114 valence electrons. The first kappa shape index (κ1) is 15.7. The lowest BCUT2D eigenvalue weighted by atomic mass is 9.82. The lowest BCUT2D eigenvalue weighted by molar-refractivity contribution is -0.146. The van der Waals surface area contributed by atoms with Crippen LogP contribution in [0.25, 0.3) is 0 Å². The van der Waals surface area contributed by atoms with Gasteiger partial charge in [-0.3, -0.25) is 9.59 Å². The van der Waals surface area contributed by atoms with E-state index in [1.165, 1.54) is 0 Å². The summed E-state index contributed by atoms with van der Waals surface area (Å²) < 4.78 is 0. The molecule has 4 nitrogen and oxygen atoms in total. The van der Waals surface area contributed by atoms with Gasteiger partial charge in [-0.15, -0.1) is 0 Å². The van der Waals surface area contributed by atoms with Gasteiger partial charge in [0.1, 0.15) is 0 Å². The first-order chi connectivity index (χ1) is 9.15. The van der Waals surface area contributed by atoms with Gasteiger partial charge in [0.2, 0.25) is 11.8 Å². The molecule has 5 heteroatoms. The van der Waals surface area contributed by atoms with Crippen LogP contribution in [0.2, 0.25) is 0 Å². The quantitative estimate of drug-likeness (QED) is 0.685. The molecule has 2 aliphatic rings. The van der Waals surface area contributed by atoms with Crippen molar-refractivity contribution >= 4 is 23.6 Å². The Morgan fingerprint density at radius 2 is 1.90 bits per heavy atom. The second-order valence-corrected chi connectivity index (χ2v) is 8.50. The molecule has 1 atom stereocenters. The van der Waals surface area contributed by atoms with Crippen LogP contribution in [0.4, 0.5) is 0 Å². The number of fused-ring (bicyclic) bond motifs is 3. The Bertz CT molecular complexity index is 415. The van der Waals surface area contributed by atoms with Crippen LogP contribution < -0.4 is 0 Å². The molecule has 0 spiro atoms. The maximum atomic E-state index is 12.8. The number of hydrogen-bond acceptors (Lipinski definition) is 3. The van der Waals surface area contributed by atoms with E-state index in [4.69, 9.17) is 0 Å². The summed E-state index contributed by atoms with van der Waals surface area (Å²) in [7, 11) is 0. The number of carbonyl (C=O) groups excluding carboxylic acids is 2. The third kappa shape index (κ3) is 2.69. The van der Waals surface area contributed by atoms with E-state index >= 15 is 0 Å². The van der Waals surface area contributed by atoms with Crippen LogP contribution in [0.5, 0.6) is 0 Å². The zero-order chi connectivity index (χ0) is 15.1. The minimum atomic E-state index is -0.495. The zero-order valence-electron chi connectivity index (χ0n) is 13.2. The molecular weight excluding hydrogens is 272 g/mol. The molecule has 0 aliphatic carbocycles. The molecule has 2 heterocycles. The average molecular weight is 298 g/mol. The Morgan fingerprint density at radius 3 is 2.50 bits per heavy atom. The second kappa shape index (κ2) is 5.24. The van der Waals surface area contributed by atoms with Gasteiger partial charge in [0.05, 0.1) is 11.5 Å². The molecule has 2 aliphatic heterocycles. The Morgan fingerprint density at radius 1 is 1.25 bits per heavy atom. The third-order valence-electron chi connectivity index (χ3n) is 4.34. The van der Waals surface area contributed by atoms with Crippen molar-refractivity contribution in [2.24, 2.45) is 10.8 Å². The summed E-state index contributed by atoms with van der Waals surface area (Å²) in [5, 5.41) is 0. The topological polar surface area (TPSA) is 40.6 Å². The van der Waals surface area contributed by atoms with Crippen LogP contribution >= 0.6 is 11.8 Å². The Labute approximate surface area is 126 Å². The van der Waals surface area contributed by atoms with Crippen molar-refractivity contribution in [2.45, 2.75) is 40.7 Å². The van der Waals surface area contributed by atoms with Crippen LogP contribution in [0, 0.1) is 10.8 Å². The summed E-state index contributed by atoms with van der Waals surface area (Å²) in [6.07, 6.45) is 0. The summed E-state index contributed by atoms with van der Waals surface area (Å²) in [4.78, 5) is 29.4. The number of thioether (sulfide) groups is 1. The largest absolute Gasteiger partial charge is 0.340 e. The molecule has 0 aromatic carbocycles. The molecular formula is C15H26N2O2S. The fourth-order valence-electron chi connectivity index (χ4n) is 2.98. The summed E-state index contributed by atoms with van der Waals surface area (Å²) in [5.74, 6) is 2.18. The van der Waals surface area contributed by atoms with Gasteiger partial charge in [-0.25, -0.2) is 0 Å². The van der Waals surface area contributed by atoms with E-state index in [-0.39, 0.29) is 17.9 Å². The standard InChI is InChI=1S/C15H26N2O2S/c1-14(2,3)12(18)17-7-6-16-8-9-20-10-11(17)15(4,5)13(16)19/h11H,6-10H2,1-5H3. The molecule has 2 bridgehead atoms. The predicted molar refractivity (Wildman–Crippen MR) is 82.6 cm³/mol. The maximum absolute atomic E-state index is 12.8. The maximum Gasteiger partial charge on any atom is 0.230 e. The van der Waals surface area contributed by atoms with E-state index in [2.05, 4.69) is 0 Å². The van der Waals surface area contributed by atoms with Crippen LogP contribution in [0.1, 0.15) is 34.6 Å². The molecule has 0 N–H and O–H groups in total. The molecule has 20 heavy (non-hydrogen) atoms. The minimum absolute atomic E-state index is 0.00275. The Hall–Kier alpha value is -0.710. The Balaban J connectivity index is 2.40. The smallest absolute Gasteiger partial charge is 0.230 e. The highest BCUT2D eigenvalue weighted by molar-refractivity contribution is 7.99. The molecule has 2 amide bonds. The summed E-state index contributed by atoms with van der Waals surface area (Å²) >= 11 is 1.85. The van der Waals surface area contributed by atoms with Gasteiger partial charge in [-0.2, -0.15) is 11.8 Å². The van der Waals surface area contributed by atoms with E-state index in [9.17, 15) is 9.59 Å². The second-order valence-electron chi connectivity index (χ2n) is 7.35. The van der Waals surface area contributed by atoms with Crippen molar-refractivity contribution in [3.63, 3.8) is 0 Å². The lowest BCUT2D eigenvalue weighted by Crippen LogP contribution is -2.55. The van der Waals surface area contributed by atoms with Gasteiger partial charge >= 0.3 is 0 Å². The Kier molecular flexibility index (Phi) is 4.11. The van der Waals surface area contributed by atoms with Gasteiger partial charge in [0.25, 0.3) is 0 Å². The molecule has 0 aromatic rings. The summed E-state index contributed by atoms with van der Waals surface area (Å²) in [6.45, 7) is 12.0. The van der Waals surface area contributed by atoms with Crippen LogP contribution in [0.3, 0.4) is 0 Å². The van der Waals surface area contributed by atoms with Crippen molar-refractivity contribution in [3.05, 3.63) is 0 Å². The minimum Gasteiger partial charge on any atom is -0.340 e. The van der Waals surface area contributed by atoms with Gasteiger partial charge in [0.15, 0.2) is 0 Å². The van der Waals surface area contributed by atoms with Crippen molar-refractivity contribution in [2.75, 3.05) is 31.1 Å².